The summed E-state index contributed by atoms with van der Waals surface area (Å²) >= 11 is 0. The average Bonchev–Trinajstić information content (AvgIpc) is 2.92. The monoisotopic (exact) mass is 260 g/mol. The lowest BCUT2D eigenvalue weighted by Gasteiger charge is -2.10. The van der Waals surface area contributed by atoms with E-state index < -0.39 is 0 Å². The average molecular weight is 260 g/mol. The molecule has 3 aromatic rings. The zero-order valence-corrected chi connectivity index (χ0v) is 10.8. The fourth-order valence-electron chi connectivity index (χ4n) is 2.53. The van der Waals surface area contributed by atoms with E-state index in [2.05, 4.69) is 34.5 Å². The van der Waals surface area contributed by atoms with Gasteiger partial charge in [-0.2, -0.15) is 0 Å². The maximum atomic E-state index is 4.74. The minimum atomic E-state index is 0.541. The molecule has 0 spiro atoms. The molecular formula is C16H12N4. The molecule has 1 aliphatic rings. The highest BCUT2D eigenvalue weighted by Crippen LogP contribution is 2.23. The Labute approximate surface area is 116 Å². The molecule has 0 bridgehead atoms. The van der Waals surface area contributed by atoms with E-state index in [0.717, 1.165) is 28.4 Å². The van der Waals surface area contributed by atoms with Gasteiger partial charge in [0.1, 0.15) is 12.9 Å². The van der Waals surface area contributed by atoms with Crippen molar-refractivity contribution in [2.45, 2.75) is 6.54 Å². The first kappa shape index (κ1) is 11.1. The third kappa shape index (κ3) is 1.66. The van der Waals surface area contributed by atoms with Crippen LogP contribution in [0.3, 0.4) is 0 Å². The summed E-state index contributed by atoms with van der Waals surface area (Å²) in [7, 11) is 0. The number of fused-ring (bicyclic) bond motifs is 3. The fourth-order valence-corrected chi connectivity index (χ4v) is 2.53. The largest absolute Gasteiger partial charge is 0.283 e. The molecule has 96 valence electrons. The van der Waals surface area contributed by atoms with Crippen molar-refractivity contribution in [3.8, 4) is 5.69 Å². The minimum absolute atomic E-state index is 0.541. The number of benzene rings is 2. The van der Waals surface area contributed by atoms with Crippen molar-refractivity contribution in [2.24, 2.45) is 4.99 Å². The van der Waals surface area contributed by atoms with Gasteiger partial charge >= 0.3 is 0 Å². The van der Waals surface area contributed by atoms with Crippen LogP contribution in [0.15, 0.2) is 65.9 Å². The zero-order valence-electron chi connectivity index (χ0n) is 10.8. The maximum Gasteiger partial charge on any atom is 0.159 e. The quantitative estimate of drug-likeness (QED) is 0.675. The summed E-state index contributed by atoms with van der Waals surface area (Å²) in [5, 5.41) is 8.14. The molecule has 0 amide bonds. The molecule has 1 aliphatic heterocycles. The van der Waals surface area contributed by atoms with E-state index in [0.29, 0.717) is 6.54 Å². The van der Waals surface area contributed by atoms with Crippen molar-refractivity contribution in [3.63, 3.8) is 0 Å². The van der Waals surface area contributed by atoms with Crippen LogP contribution in [0.1, 0.15) is 17.0 Å². The van der Waals surface area contributed by atoms with Gasteiger partial charge in [0.15, 0.2) is 5.82 Å². The standard InChI is InChI=1S/C16H12N4/c1-2-6-12(7-3-1)16-13-8-4-5-9-14(13)20-11-18-19-15(20)10-17-16/h1-9,11H,10H2. The summed E-state index contributed by atoms with van der Waals surface area (Å²) in [6.07, 6.45) is 1.75. The Morgan fingerprint density at radius 2 is 1.70 bits per heavy atom. The smallest absolute Gasteiger partial charge is 0.159 e. The van der Waals surface area contributed by atoms with E-state index in [1.807, 2.05) is 34.9 Å². The lowest BCUT2D eigenvalue weighted by Crippen LogP contribution is -2.06. The van der Waals surface area contributed by atoms with E-state index >= 15 is 0 Å². The van der Waals surface area contributed by atoms with Crippen LogP contribution in [0.25, 0.3) is 5.69 Å². The summed E-state index contributed by atoms with van der Waals surface area (Å²) < 4.78 is 2.01. The molecule has 0 radical (unpaired) electrons. The van der Waals surface area contributed by atoms with Crippen LogP contribution in [0.5, 0.6) is 0 Å². The zero-order chi connectivity index (χ0) is 13.4. The maximum absolute atomic E-state index is 4.74. The second-order valence-corrected chi connectivity index (χ2v) is 4.67. The van der Waals surface area contributed by atoms with Crippen molar-refractivity contribution in [2.75, 3.05) is 0 Å². The Balaban J connectivity index is 1.98. The van der Waals surface area contributed by atoms with E-state index in [1.54, 1.807) is 6.33 Å². The lowest BCUT2D eigenvalue weighted by atomic mass is 10.0. The number of aromatic nitrogens is 3. The van der Waals surface area contributed by atoms with Crippen LogP contribution in [0.2, 0.25) is 0 Å². The molecule has 4 rings (SSSR count). The van der Waals surface area contributed by atoms with Gasteiger partial charge in [0.2, 0.25) is 0 Å². The van der Waals surface area contributed by atoms with Gasteiger partial charge < -0.3 is 0 Å². The Bertz CT molecular complexity index is 787. The number of para-hydroxylation sites is 1. The summed E-state index contributed by atoms with van der Waals surface area (Å²) in [4.78, 5) is 4.74. The third-order valence-electron chi connectivity index (χ3n) is 3.46. The Hall–Kier alpha value is -2.75. The first-order chi connectivity index (χ1) is 9.93. The van der Waals surface area contributed by atoms with Crippen LogP contribution in [0, 0.1) is 0 Å². The first-order valence-corrected chi connectivity index (χ1v) is 6.52. The van der Waals surface area contributed by atoms with Gasteiger partial charge in [0.05, 0.1) is 11.4 Å². The molecule has 0 N–H and O–H groups in total. The second kappa shape index (κ2) is 4.42. The molecule has 4 heteroatoms. The van der Waals surface area contributed by atoms with Crippen LogP contribution < -0.4 is 0 Å². The van der Waals surface area contributed by atoms with Gasteiger partial charge in [-0.25, -0.2) is 0 Å². The first-order valence-electron chi connectivity index (χ1n) is 6.52. The Morgan fingerprint density at radius 3 is 2.60 bits per heavy atom. The van der Waals surface area contributed by atoms with E-state index in [1.165, 1.54) is 0 Å². The van der Waals surface area contributed by atoms with Gasteiger partial charge in [-0.3, -0.25) is 9.56 Å². The number of nitrogens with zero attached hydrogens (tertiary/aromatic N) is 4. The molecule has 20 heavy (non-hydrogen) atoms. The van der Waals surface area contributed by atoms with Crippen molar-refractivity contribution in [1.29, 1.82) is 0 Å². The Morgan fingerprint density at radius 1 is 0.900 bits per heavy atom. The van der Waals surface area contributed by atoms with E-state index in [4.69, 9.17) is 4.99 Å². The van der Waals surface area contributed by atoms with Gasteiger partial charge in [-0.1, -0.05) is 48.5 Å². The molecule has 0 saturated heterocycles. The van der Waals surface area contributed by atoms with Gasteiger partial charge in [-0.05, 0) is 6.07 Å². The van der Waals surface area contributed by atoms with Crippen molar-refractivity contribution < 1.29 is 0 Å². The van der Waals surface area contributed by atoms with Gasteiger partial charge in [0.25, 0.3) is 0 Å². The molecule has 1 aromatic heterocycles. The van der Waals surface area contributed by atoms with E-state index in [-0.39, 0.29) is 0 Å². The normalized spacial score (nSPS) is 13.1. The molecule has 0 unspecified atom stereocenters. The van der Waals surface area contributed by atoms with Crippen molar-refractivity contribution in [1.82, 2.24) is 14.8 Å². The van der Waals surface area contributed by atoms with Crippen LogP contribution >= 0.6 is 0 Å². The van der Waals surface area contributed by atoms with Crippen LogP contribution in [-0.4, -0.2) is 20.5 Å². The highest BCUT2D eigenvalue weighted by Gasteiger charge is 2.18. The minimum Gasteiger partial charge on any atom is -0.283 e. The fraction of sp³-hybridized carbons (Fsp3) is 0.0625. The molecule has 2 aromatic carbocycles. The Kier molecular flexibility index (Phi) is 2.45. The number of hydrogen-bond donors (Lipinski definition) is 0. The van der Waals surface area contributed by atoms with Crippen molar-refractivity contribution in [3.05, 3.63) is 77.9 Å². The summed E-state index contributed by atoms with van der Waals surface area (Å²) in [5.41, 5.74) is 4.32. The molecule has 0 aliphatic carbocycles. The number of aliphatic imine (C=N–C) groups is 1. The summed E-state index contributed by atoms with van der Waals surface area (Å²) in [6.45, 7) is 0.541. The third-order valence-corrected chi connectivity index (χ3v) is 3.46. The summed E-state index contributed by atoms with van der Waals surface area (Å²) in [6, 6.07) is 18.5. The predicted octanol–water partition coefficient (Wildman–Crippen LogP) is 2.62. The molecule has 0 saturated carbocycles. The molecule has 0 atom stereocenters. The molecule has 4 nitrogen and oxygen atoms in total. The number of rotatable bonds is 1. The molecule has 2 heterocycles. The summed E-state index contributed by atoms with van der Waals surface area (Å²) in [5.74, 6) is 0.864. The predicted molar refractivity (Wildman–Crippen MR) is 77.1 cm³/mol. The topological polar surface area (TPSA) is 43.1 Å². The van der Waals surface area contributed by atoms with Gasteiger partial charge in [0, 0.05) is 11.1 Å². The lowest BCUT2D eigenvalue weighted by molar-refractivity contribution is 0.870. The molecular weight excluding hydrogens is 248 g/mol. The van der Waals surface area contributed by atoms with Crippen LogP contribution in [0.4, 0.5) is 0 Å². The second-order valence-electron chi connectivity index (χ2n) is 4.67. The number of hydrogen-bond acceptors (Lipinski definition) is 3. The highest BCUT2D eigenvalue weighted by molar-refractivity contribution is 6.15. The van der Waals surface area contributed by atoms with Gasteiger partial charge in [-0.15, -0.1) is 10.2 Å². The highest BCUT2D eigenvalue weighted by atomic mass is 15.3. The van der Waals surface area contributed by atoms with Crippen LogP contribution in [-0.2, 0) is 6.54 Å². The molecule has 0 fully saturated rings. The van der Waals surface area contributed by atoms with E-state index in [9.17, 15) is 0 Å². The van der Waals surface area contributed by atoms with Crippen molar-refractivity contribution >= 4 is 5.71 Å². The SMILES string of the molecule is c1ccc(C2=NCc3nncn3-c3ccccc32)cc1.